The van der Waals surface area contributed by atoms with E-state index in [2.05, 4.69) is 4.98 Å². The third-order valence-corrected chi connectivity index (χ3v) is 3.73. The Hall–Kier alpha value is -2.40. The van der Waals surface area contributed by atoms with Gasteiger partial charge in [0, 0.05) is 22.5 Å². The van der Waals surface area contributed by atoms with E-state index in [0.29, 0.717) is 11.5 Å². The fourth-order valence-corrected chi connectivity index (χ4v) is 2.56. The number of fused-ring (bicyclic) bond motifs is 1. The molecule has 0 aliphatic rings. The Labute approximate surface area is 119 Å². The molecule has 0 saturated heterocycles. The van der Waals surface area contributed by atoms with Gasteiger partial charge in [0.05, 0.1) is 0 Å². The molecule has 0 saturated carbocycles. The van der Waals surface area contributed by atoms with E-state index in [1.165, 1.54) is 6.07 Å². The van der Waals surface area contributed by atoms with Crippen molar-refractivity contribution in [2.24, 2.45) is 0 Å². The van der Waals surface area contributed by atoms with Gasteiger partial charge in [0.15, 0.2) is 5.75 Å². The topological polar surface area (TPSA) is 59.4 Å². The summed E-state index contributed by atoms with van der Waals surface area (Å²) in [6.07, 6.45) is 0. The highest BCUT2D eigenvalue weighted by Gasteiger charge is 2.10. The maximum atomic E-state index is 10.9. The molecule has 0 unspecified atom stereocenters. The zero-order valence-corrected chi connectivity index (χ0v) is 11.5. The predicted molar refractivity (Wildman–Crippen MR) is 77.8 cm³/mol. The number of rotatable bonds is 3. The summed E-state index contributed by atoms with van der Waals surface area (Å²) in [7, 11) is 0. The lowest BCUT2D eigenvalue weighted by Gasteiger charge is -2.07. The minimum absolute atomic E-state index is 0.254. The summed E-state index contributed by atoms with van der Waals surface area (Å²) in [4.78, 5) is 15.6. The molecule has 0 aliphatic heterocycles. The second-order valence-corrected chi connectivity index (χ2v) is 5.25. The molecular formula is C15H11NO3S. The second kappa shape index (κ2) is 4.94. The lowest BCUT2D eigenvalue weighted by Crippen LogP contribution is -1.91. The van der Waals surface area contributed by atoms with Crippen LogP contribution in [0, 0.1) is 6.92 Å². The number of aromatic carboxylic acids is 1. The Morgan fingerprint density at radius 1 is 1.30 bits per heavy atom. The maximum Gasteiger partial charge on any atom is 0.346 e. The Morgan fingerprint density at radius 2 is 2.15 bits per heavy atom. The van der Waals surface area contributed by atoms with Gasteiger partial charge in [-0.05, 0) is 19.1 Å². The lowest BCUT2D eigenvalue weighted by atomic mass is 10.2. The highest BCUT2D eigenvalue weighted by atomic mass is 32.1. The third-order valence-electron chi connectivity index (χ3n) is 2.84. The van der Waals surface area contributed by atoms with Crippen LogP contribution in [0.3, 0.4) is 0 Å². The number of aromatic nitrogens is 1. The van der Waals surface area contributed by atoms with Crippen LogP contribution in [-0.4, -0.2) is 16.1 Å². The lowest BCUT2D eigenvalue weighted by molar-refractivity contribution is 0.0702. The van der Waals surface area contributed by atoms with Crippen molar-refractivity contribution in [2.75, 3.05) is 0 Å². The molecule has 0 amide bonds. The Bertz CT molecular complexity index is 795. The number of hydrogen-bond acceptors (Lipinski definition) is 4. The average Bonchev–Trinajstić information content (AvgIpc) is 2.88. The van der Waals surface area contributed by atoms with Crippen molar-refractivity contribution in [3.63, 3.8) is 0 Å². The molecule has 0 spiro atoms. The van der Waals surface area contributed by atoms with Gasteiger partial charge in [0.25, 0.3) is 0 Å². The minimum atomic E-state index is -0.947. The van der Waals surface area contributed by atoms with Gasteiger partial charge in [0.1, 0.15) is 16.1 Å². The molecule has 0 atom stereocenters. The first-order valence-corrected chi connectivity index (χ1v) is 6.87. The summed E-state index contributed by atoms with van der Waals surface area (Å²) >= 11 is 1.14. The van der Waals surface area contributed by atoms with E-state index in [4.69, 9.17) is 9.84 Å². The predicted octanol–water partition coefficient (Wildman–Crippen LogP) is 4.10. The normalized spacial score (nSPS) is 10.7. The average molecular weight is 285 g/mol. The summed E-state index contributed by atoms with van der Waals surface area (Å²) in [5.41, 5.74) is 1.68. The summed E-state index contributed by atoms with van der Waals surface area (Å²) in [6, 6.07) is 11.1. The van der Waals surface area contributed by atoms with E-state index in [9.17, 15) is 4.79 Å². The summed E-state index contributed by atoms with van der Waals surface area (Å²) in [5.74, 6) is 0.195. The molecule has 3 aromatic rings. The standard InChI is InChI=1S/C15H11NO3S/c1-9-5-6-10-3-2-4-12(14(10)16-9)19-11-7-13(15(17)18)20-8-11/h2-8H,1H3,(H,17,18). The van der Waals surface area contributed by atoms with Gasteiger partial charge in [-0.25, -0.2) is 9.78 Å². The zero-order valence-electron chi connectivity index (χ0n) is 10.7. The first kappa shape index (κ1) is 12.6. The molecule has 0 fully saturated rings. The van der Waals surface area contributed by atoms with Crippen LogP contribution in [0.1, 0.15) is 15.4 Å². The number of aryl methyl sites for hydroxylation is 1. The van der Waals surface area contributed by atoms with Crippen LogP contribution >= 0.6 is 11.3 Å². The largest absolute Gasteiger partial charge is 0.477 e. The van der Waals surface area contributed by atoms with Gasteiger partial charge >= 0.3 is 5.97 Å². The summed E-state index contributed by atoms with van der Waals surface area (Å²) < 4.78 is 5.76. The van der Waals surface area contributed by atoms with Gasteiger partial charge < -0.3 is 9.84 Å². The first-order chi connectivity index (χ1) is 9.63. The van der Waals surface area contributed by atoms with Crippen LogP contribution in [-0.2, 0) is 0 Å². The van der Waals surface area contributed by atoms with E-state index in [-0.39, 0.29) is 4.88 Å². The molecule has 5 heteroatoms. The molecule has 2 heterocycles. The number of carbonyl (C=O) groups is 1. The van der Waals surface area contributed by atoms with Gasteiger partial charge in [-0.2, -0.15) is 0 Å². The van der Waals surface area contributed by atoms with Crippen molar-refractivity contribution in [1.29, 1.82) is 0 Å². The van der Waals surface area contributed by atoms with Crippen molar-refractivity contribution in [2.45, 2.75) is 6.92 Å². The van der Waals surface area contributed by atoms with E-state index >= 15 is 0 Å². The van der Waals surface area contributed by atoms with E-state index < -0.39 is 5.97 Å². The van der Waals surface area contributed by atoms with Crippen LogP contribution < -0.4 is 4.74 Å². The SMILES string of the molecule is Cc1ccc2cccc(Oc3csc(C(=O)O)c3)c2n1. The Kier molecular flexibility index (Phi) is 3.12. The number of thiophene rings is 1. The number of ether oxygens (including phenoxy) is 1. The number of carboxylic acids is 1. The molecule has 3 rings (SSSR count). The van der Waals surface area contributed by atoms with Crippen molar-refractivity contribution in [3.8, 4) is 11.5 Å². The van der Waals surface area contributed by atoms with E-state index in [1.807, 2.05) is 37.3 Å². The highest BCUT2D eigenvalue weighted by Crippen LogP contribution is 2.31. The van der Waals surface area contributed by atoms with Crippen LogP contribution in [0.4, 0.5) is 0 Å². The van der Waals surface area contributed by atoms with Crippen molar-refractivity contribution < 1.29 is 14.6 Å². The molecule has 0 radical (unpaired) electrons. The van der Waals surface area contributed by atoms with E-state index in [0.717, 1.165) is 27.9 Å². The smallest absolute Gasteiger partial charge is 0.346 e. The second-order valence-electron chi connectivity index (χ2n) is 4.33. The molecular weight excluding hydrogens is 274 g/mol. The molecule has 2 aromatic heterocycles. The fourth-order valence-electron chi connectivity index (χ4n) is 1.91. The van der Waals surface area contributed by atoms with E-state index in [1.54, 1.807) is 5.38 Å². The number of carboxylic acid groups (broad SMARTS) is 1. The molecule has 1 aromatic carbocycles. The minimum Gasteiger partial charge on any atom is -0.477 e. The molecule has 4 nitrogen and oxygen atoms in total. The van der Waals surface area contributed by atoms with Crippen LogP contribution in [0.5, 0.6) is 11.5 Å². The number of nitrogens with zero attached hydrogens (tertiary/aromatic N) is 1. The monoisotopic (exact) mass is 285 g/mol. The van der Waals surface area contributed by atoms with Crippen LogP contribution in [0.15, 0.2) is 41.8 Å². The summed E-state index contributed by atoms with van der Waals surface area (Å²) in [5, 5.41) is 11.6. The van der Waals surface area contributed by atoms with Crippen LogP contribution in [0.2, 0.25) is 0 Å². The molecule has 0 aliphatic carbocycles. The zero-order chi connectivity index (χ0) is 14.1. The number of benzene rings is 1. The van der Waals surface area contributed by atoms with Crippen LogP contribution in [0.25, 0.3) is 10.9 Å². The van der Waals surface area contributed by atoms with Gasteiger partial charge in [-0.1, -0.05) is 18.2 Å². The molecule has 1 N–H and O–H groups in total. The highest BCUT2D eigenvalue weighted by molar-refractivity contribution is 7.12. The van der Waals surface area contributed by atoms with Crippen molar-refractivity contribution >= 4 is 28.2 Å². The Balaban J connectivity index is 2.01. The molecule has 100 valence electrons. The van der Waals surface area contributed by atoms with Crippen molar-refractivity contribution in [3.05, 3.63) is 52.3 Å². The number of hydrogen-bond donors (Lipinski definition) is 1. The number of para-hydroxylation sites is 1. The summed E-state index contributed by atoms with van der Waals surface area (Å²) in [6.45, 7) is 1.92. The van der Waals surface area contributed by atoms with Crippen molar-refractivity contribution in [1.82, 2.24) is 4.98 Å². The van der Waals surface area contributed by atoms with Gasteiger partial charge in [-0.3, -0.25) is 0 Å². The maximum absolute atomic E-state index is 10.9. The van der Waals surface area contributed by atoms with Gasteiger partial charge in [0.2, 0.25) is 0 Å². The Morgan fingerprint density at radius 3 is 2.90 bits per heavy atom. The number of pyridine rings is 1. The molecule has 0 bridgehead atoms. The fraction of sp³-hybridized carbons (Fsp3) is 0.0667. The first-order valence-electron chi connectivity index (χ1n) is 5.99. The molecule has 20 heavy (non-hydrogen) atoms. The quantitative estimate of drug-likeness (QED) is 0.787. The van der Waals surface area contributed by atoms with Gasteiger partial charge in [-0.15, -0.1) is 11.3 Å². The third kappa shape index (κ3) is 2.35.